The summed E-state index contributed by atoms with van der Waals surface area (Å²) in [7, 11) is 0. The fraction of sp³-hybridized carbons (Fsp3) is 0. The van der Waals surface area contributed by atoms with Crippen LogP contribution in [0.5, 0.6) is 0 Å². The molecule has 2 nitrogen and oxygen atoms in total. The van der Waals surface area contributed by atoms with Gasteiger partial charge in [0.15, 0.2) is 0 Å². The number of rotatable bonds is 8. The lowest BCUT2D eigenvalue weighted by Gasteiger charge is -2.30. The van der Waals surface area contributed by atoms with E-state index in [1.54, 1.807) is 0 Å². The lowest BCUT2D eigenvalue weighted by atomic mass is 9.97. The molecule has 10 aromatic rings. The van der Waals surface area contributed by atoms with Gasteiger partial charge in [-0.15, -0.1) is 0 Å². The molecule has 56 heavy (non-hydrogen) atoms. The minimum absolute atomic E-state index is 1.08. The molecule has 0 atom stereocenters. The molecule has 2 heteroatoms. The molecule has 0 amide bonds. The molecular weight excluding hydrogens is 677 g/mol. The Bertz CT molecular complexity index is 2930. The largest absolute Gasteiger partial charge is 0.309 e. The molecule has 0 unspecified atom stereocenters. The van der Waals surface area contributed by atoms with Crippen LogP contribution in [0, 0.1) is 0 Å². The van der Waals surface area contributed by atoms with E-state index >= 15 is 0 Å². The number of anilines is 3. The van der Waals surface area contributed by atoms with Gasteiger partial charge in [-0.2, -0.15) is 0 Å². The van der Waals surface area contributed by atoms with Gasteiger partial charge in [-0.05, 0) is 75.8 Å². The second-order valence-corrected chi connectivity index (χ2v) is 14.1. The number of hydrogen-bond acceptors (Lipinski definition) is 1. The molecule has 0 N–H and O–H groups in total. The normalized spacial score (nSPS) is 11.2. The third kappa shape index (κ3) is 6.04. The highest BCUT2D eigenvalue weighted by atomic mass is 15.1. The van der Waals surface area contributed by atoms with E-state index in [2.05, 4.69) is 240 Å². The van der Waals surface area contributed by atoms with E-state index in [0.29, 0.717) is 0 Å². The van der Waals surface area contributed by atoms with Crippen LogP contribution >= 0.6 is 0 Å². The van der Waals surface area contributed by atoms with Crippen LogP contribution in [0.15, 0.2) is 231 Å². The summed E-state index contributed by atoms with van der Waals surface area (Å²) in [5.74, 6) is 0. The van der Waals surface area contributed by atoms with Gasteiger partial charge in [-0.3, -0.25) is 0 Å². The Morgan fingerprint density at radius 2 is 0.696 bits per heavy atom. The Kier molecular flexibility index (Phi) is 8.55. The Morgan fingerprint density at radius 1 is 0.286 bits per heavy atom. The minimum Gasteiger partial charge on any atom is -0.309 e. The summed E-state index contributed by atoms with van der Waals surface area (Å²) in [6.45, 7) is 0. The standard InChI is InChI=1S/C54H38N2/c1-4-16-39(17-5-1)41-28-30-44(31-29-41)48-23-11-14-26-52(48)56(51-25-13-10-22-47(51)43-20-8-3-9-21-43)46-36-37-50-49-24-12-15-27-53(49)55(54(50)38-46)45-34-32-42(33-35-45)40-18-6-2-7-19-40/h1-38H. The van der Waals surface area contributed by atoms with Gasteiger partial charge in [0, 0.05) is 33.3 Å². The molecule has 0 radical (unpaired) electrons. The van der Waals surface area contributed by atoms with Crippen molar-refractivity contribution in [3.8, 4) is 50.2 Å². The number of hydrogen-bond donors (Lipinski definition) is 0. The Labute approximate surface area is 327 Å². The van der Waals surface area contributed by atoms with Crippen LogP contribution < -0.4 is 4.90 Å². The average molecular weight is 715 g/mol. The Morgan fingerprint density at radius 3 is 1.29 bits per heavy atom. The molecule has 0 aliphatic carbocycles. The highest BCUT2D eigenvalue weighted by Crippen LogP contribution is 2.46. The maximum atomic E-state index is 2.45. The first-order valence-electron chi connectivity index (χ1n) is 19.2. The maximum absolute atomic E-state index is 2.45. The summed E-state index contributed by atoms with van der Waals surface area (Å²) in [5, 5.41) is 2.45. The van der Waals surface area contributed by atoms with E-state index in [4.69, 9.17) is 0 Å². The van der Waals surface area contributed by atoms with Crippen LogP contribution in [0.1, 0.15) is 0 Å². The molecule has 0 aliphatic heterocycles. The number of nitrogens with zero attached hydrogens (tertiary/aromatic N) is 2. The van der Waals surface area contributed by atoms with Gasteiger partial charge >= 0.3 is 0 Å². The molecule has 0 saturated carbocycles. The van der Waals surface area contributed by atoms with Gasteiger partial charge in [0.25, 0.3) is 0 Å². The molecule has 264 valence electrons. The molecule has 0 bridgehead atoms. The first-order chi connectivity index (χ1) is 27.8. The Hall–Kier alpha value is -7.42. The number of para-hydroxylation sites is 3. The average Bonchev–Trinajstić information content (AvgIpc) is 3.61. The quantitative estimate of drug-likeness (QED) is 0.152. The topological polar surface area (TPSA) is 8.17 Å². The first kappa shape index (κ1) is 33.2. The predicted molar refractivity (Wildman–Crippen MR) is 237 cm³/mol. The zero-order valence-corrected chi connectivity index (χ0v) is 30.8. The van der Waals surface area contributed by atoms with Crippen LogP contribution in [-0.4, -0.2) is 4.57 Å². The van der Waals surface area contributed by atoms with Crippen molar-refractivity contribution in [3.63, 3.8) is 0 Å². The molecule has 9 aromatic carbocycles. The second-order valence-electron chi connectivity index (χ2n) is 14.1. The van der Waals surface area contributed by atoms with Crippen molar-refractivity contribution in [1.82, 2.24) is 4.57 Å². The van der Waals surface area contributed by atoms with E-state index in [1.165, 1.54) is 49.7 Å². The second kappa shape index (κ2) is 14.4. The molecule has 0 saturated heterocycles. The van der Waals surface area contributed by atoms with Crippen LogP contribution in [0.3, 0.4) is 0 Å². The van der Waals surface area contributed by atoms with Gasteiger partial charge in [0.1, 0.15) is 0 Å². The van der Waals surface area contributed by atoms with Gasteiger partial charge < -0.3 is 9.47 Å². The number of benzene rings is 9. The van der Waals surface area contributed by atoms with E-state index in [-0.39, 0.29) is 0 Å². The molecule has 1 heterocycles. The molecule has 1 aromatic heterocycles. The van der Waals surface area contributed by atoms with E-state index in [0.717, 1.165) is 39.4 Å². The van der Waals surface area contributed by atoms with Gasteiger partial charge in [0.05, 0.1) is 22.4 Å². The van der Waals surface area contributed by atoms with Crippen molar-refractivity contribution in [3.05, 3.63) is 231 Å². The predicted octanol–water partition coefficient (Wildman–Crippen LogP) is 14.9. The fourth-order valence-electron chi connectivity index (χ4n) is 8.13. The third-order valence-corrected chi connectivity index (χ3v) is 10.8. The maximum Gasteiger partial charge on any atom is 0.0561 e. The molecule has 0 fully saturated rings. The van der Waals surface area contributed by atoms with Crippen molar-refractivity contribution in [2.45, 2.75) is 0 Å². The zero-order chi connectivity index (χ0) is 37.3. The SMILES string of the molecule is c1ccc(-c2ccc(-c3ccccc3N(c3ccc4c5ccccc5n(-c5ccc(-c6ccccc6)cc5)c4c3)c3ccccc3-c3ccccc3)cc2)cc1. The van der Waals surface area contributed by atoms with Crippen molar-refractivity contribution < 1.29 is 0 Å². The summed E-state index contributed by atoms with van der Waals surface area (Å²) in [6.07, 6.45) is 0. The van der Waals surface area contributed by atoms with Crippen molar-refractivity contribution in [2.24, 2.45) is 0 Å². The summed E-state index contributed by atoms with van der Waals surface area (Å²) in [4.78, 5) is 2.45. The molecule has 0 spiro atoms. The fourth-order valence-corrected chi connectivity index (χ4v) is 8.13. The summed E-state index contributed by atoms with van der Waals surface area (Å²) in [6, 6.07) is 83.1. The highest BCUT2D eigenvalue weighted by molar-refractivity contribution is 6.10. The third-order valence-electron chi connectivity index (χ3n) is 10.8. The number of aromatic nitrogens is 1. The van der Waals surface area contributed by atoms with E-state index in [9.17, 15) is 0 Å². The zero-order valence-electron chi connectivity index (χ0n) is 30.8. The van der Waals surface area contributed by atoms with Gasteiger partial charge in [0.2, 0.25) is 0 Å². The van der Waals surface area contributed by atoms with Crippen LogP contribution in [0.2, 0.25) is 0 Å². The van der Waals surface area contributed by atoms with Crippen molar-refractivity contribution >= 4 is 38.9 Å². The smallest absolute Gasteiger partial charge is 0.0561 e. The van der Waals surface area contributed by atoms with Crippen LogP contribution in [0.25, 0.3) is 72.0 Å². The molecular formula is C54H38N2. The lowest BCUT2D eigenvalue weighted by molar-refractivity contribution is 1.18. The van der Waals surface area contributed by atoms with Crippen molar-refractivity contribution in [1.29, 1.82) is 0 Å². The molecule has 10 rings (SSSR count). The molecule has 0 aliphatic rings. The van der Waals surface area contributed by atoms with Gasteiger partial charge in [-0.1, -0.05) is 188 Å². The van der Waals surface area contributed by atoms with Crippen molar-refractivity contribution in [2.75, 3.05) is 4.90 Å². The van der Waals surface area contributed by atoms with Crippen LogP contribution in [0.4, 0.5) is 17.1 Å². The Balaban J connectivity index is 1.18. The monoisotopic (exact) mass is 714 g/mol. The summed E-state index contributed by atoms with van der Waals surface area (Å²) >= 11 is 0. The van der Waals surface area contributed by atoms with Gasteiger partial charge in [-0.25, -0.2) is 0 Å². The summed E-state index contributed by atoms with van der Waals surface area (Å²) < 4.78 is 2.42. The lowest BCUT2D eigenvalue weighted by Crippen LogP contribution is -2.12. The summed E-state index contributed by atoms with van der Waals surface area (Å²) in [5.41, 5.74) is 16.3. The highest BCUT2D eigenvalue weighted by Gasteiger charge is 2.22. The van der Waals surface area contributed by atoms with E-state index in [1.807, 2.05) is 0 Å². The minimum atomic E-state index is 1.08. The van der Waals surface area contributed by atoms with E-state index < -0.39 is 0 Å². The van der Waals surface area contributed by atoms with Crippen LogP contribution in [-0.2, 0) is 0 Å². The first-order valence-corrected chi connectivity index (χ1v) is 19.2. The number of fused-ring (bicyclic) bond motifs is 3.